The van der Waals surface area contributed by atoms with Crippen molar-refractivity contribution in [2.24, 2.45) is 5.92 Å². The number of hydrogen-bond donors (Lipinski definition) is 2. The number of aliphatic hydroxyl groups is 1. The minimum absolute atomic E-state index is 0.149. The molecule has 0 amide bonds. The molecule has 0 radical (unpaired) electrons. The summed E-state index contributed by atoms with van der Waals surface area (Å²) in [6.07, 6.45) is 10.8. The number of aliphatic hydroxyl groups excluding tert-OH is 1. The molecular weight excluding hydrogens is 326 g/mol. The first-order valence-electron chi connectivity index (χ1n) is 9.90. The largest absolute Gasteiger partial charge is 0.485 e. The van der Waals surface area contributed by atoms with E-state index in [0.717, 1.165) is 34.8 Å². The van der Waals surface area contributed by atoms with Crippen molar-refractivity contribution in [2.75, 3.05) is 6.54 Å². The zero-order valence-corrected chi connectivity index (χ0v) is 15.7. The molecule has 0 unspecified atom stereocenters. The van der Waals surface area contributed by atoms with E-state index in [0.29, 0.717) is 0 Å². The van der Waals surface area contributed by atoms with Crippen molar-refractivity contribution in [3.8, 4) is 5.75 Å². The van der Waals surface area contributed by atoms with Crippen LogP contribution in [0.4, 0.5) is 0 Å². The maximum Gasteiger partial charge on any atom is 0.131 e. The fourth-order valence-corrected chi connectivity index (χ4v) is 4.39. The van der Waals surface area contributed by atoms with Crippen LogP contribution in [0.3, 0.4) is 0 Å². The van der Waals surface area contributed by atoms with Crippen molar-refractivity contribution in [1.29, 1.82) is 0 Å². The Morgan fingerprint density at radius 2 is 1.81 bits per heavy atom. The molecule has 2 atom stereocenters. The molecule has 0 bridgehead atoms. The molecule has 2 aromatic rings. The maximum atomic E-state index is 10.9. The predicted molar refractivity (Wildman–Crippen MR) is 102 cm³/mol. The van der Waals surface area contributed by atoms with Gasteiger partial charge in [0.25, 0.3) is 0 Å². The van der Waals surface area contributed by atoms with E-state index in [1.807, 2.05) is 26.0 Å². The summed E-state index contributed by atoms with van der Waals surface area (Å²) in [7, 11) is 0. The van der Waals surface area contributed by atoms with Crippen molar-refractivity contribution in [3.05, 3.63) is 30.1 Å². The van der Waals surface area contributed by atoms with Gasteiger partial charge in [-0.05, 0) is 38.8 Å². The second-order valence-electron chi connectivity index (χ2n) is 8.31. The molecule has 1 fully saturated rings. The molecule has 5 heteroatoms. The summed E-state index contributed by atoms with van der Waals surface area (Å²) in [5.41, 5.74) is 1.99. The van der Waals surface area contributed by atoms with Crippen LogP contribution in [0.25, 0.3) is 11.0 Å². The zero-order chi connectivity index (χ0) is 18.1. The Hall–Kier alpha value is -1.72. The predicted octanol–water partition coefficient (Wildman–Crippen LogP) is 3.76. The lowest BCUT2D eigenvalue weighted by atomic mass is 9.85. The molecule has 0 spiro atoms. The molecule has 1 aromatic carbocycles. The van der Waals surface area contributed by atoms with E-state index < -0.39 is 11.7 Å². The third-order valence-electron chi connectivity index (χ3n) is 5.98. The van der Waals surface area contributed by atoms with E-state index in [1.165, 1.54) is 38.5 Å². The second kappa shape index (κ2) is 7.12. The summed E-state index contributed by atoms with van der Waals surface area (Å²) in [6, 6.07) is 3.80. The maximum absolute atomic E-state index is 10.9. The number of fused-ring (bicyclic) bond motifs is 2. The molecule has 1 aliphatic carbocycles. The van der Waals surface area contributed by atoms with Crippen LogP contribution in [0, 0.1) is 5.92 Å². The summed E-state index contributed by atoms with van der Waals surface area (Å²) < 4.78 is 6.11. The Morgan fingerprint density at radius 3 is 2.54 bits per heavy atom. The van der Waals surface area contributed by atoms with Gasteiger partial charge in [-0.1, -0.05) is 32.1 Å². The minimum Gasteiger partial charge on any atom is -0.485 e. The Morgan fingerprint density at radius 1 is 1.12 bits per heavy atom. The van der Waals surface area contributed by atoms with Crippen LogP contribution < -0.4 is 10.1 Å². The molecule has 5 nitrogen and oxygen atoms in total. The number of benzene rings is 1. The van der Waals surface area contributed by atoms with Gasteiger partial charge in [0, 0.05) is 24.0 Å². The van der Waals surface area contributed by atoms with Crippen LogP contribution in [0.1, 0.15) is 64.0 Å². The third-order valence-corrected chi connectivity index (χ3v) is 5.98. The summed E-state index contributed by atoms with van der Waals surface area (Å²) in [5.74, 6) is 1.62. The molecule has 26 heavy (non-hydrogen) atoms. The highest BCUT2D eigenvalue weighted by Gasteiger charge is 2.43. The highest BCUT2D eigenvalue weighted by Crippen LogP contribution is 2.41. The Kier molecular flexibility index (Phi) is 4.84. The molecule has 0 saturated heterocycles. The summed E-state index contributed by atoms with van der Waals surface area (Å²) >= 11 is 0. The number of hydrogen-bond acceptors (Lipinski definition) is 5. The van der Waals surface area contributed by atoms with Crippen LogP contribution in [-0.2, 0) is 0 Å². The highest BCUT2D eigenvalue weighted by atomic mass is 16.5. The molecule has 2 N–H and O–H groups in total. The Bertz CT molecular complexity index is 771. The zero-order valence-electron chi connectivity index (χ0n) is 15.7. The first-order chi connectivity index (χ1) is 12.5. The van der Waals surface area contributed by atoms with E-state index in [9.17, 15) is 5.11 Å². The van der Waals surface area contributed by atoms with E-state index in [1.54, 1.807) is 12.4 Å². The van der Waals surface area contributed by atoms with Crippen LogP contribution in [0.15, 0.2) is 24.5 Å². The van der Waals surface area contributed by atoms with Gasteiger partial charge in [0.05, 0.1) is 17.1 Å². The van der Waals surface area contributed by atoms with Crippen LogP contribution in [0.2, 0.25) is 0 Å². The lowest BCUT2D eigenvalue weighted by Gasteiger charge is -2.42. The molecule has 2 aliphatic rings. The summed E-state index contributed by atoms with van der Waals surface area (Å²) in [5, 5.41) is 14.5. The van der Waals surface area contributed by atoms with Gasteiger partial charge in [-0.25, -0.2) is 0 Å². The van der Waals surface area contributed by atoms with Crippen molar-refractivity contribution >= 4 is 11.0 Å². The first-order valence-corrected chi connectivity index (χ1v) is 9.90. The van der Waals surface area contributed by atoms with Crippen molar-refractivity contribution in [1.82, 2.24) is 15.3 Å². The van der Waals surface area contributed by atoms with Gasteiger partial charge in [0.1, 0.15) is 17.5 Å². The first kappa shape index (κ1) is 17.7. The third kappa shape index (κ3) is 3.42. The van der Waals surface area contributed by atoms with Crippen LogP contribution in [0.5, 0.6) is 5.75 Å². The minimum atomic E-state index is -0.647. The topological polar surface area (TPSA) is 67.3 Å². The molecular formula is C21H29N3O2. The molecule has 1 saturated carbocycles. The fraction of sp³-hybridized carbons (Fsp3) is 0.619. The number of nitrogens with one attached hydrogen (secondary N) is 1. The number of ether oxygens (including phenoxy) is 1. The Balaban J connectivity index is 1.57. The van der Waals surface area contributed by atoms with Gasteiger partial charge in [-0.3, -0.25) is 9.97 Å². The van der Waals surface area contributed by atoms with Gasteiger partial charge >= 0.3 is 0 Å². The van der Waals surface area contributed by atoms with Gasteiger partial charge in [0.2, 0.25) is 0 Å². The second-order valence-corrected chi connectivity index (χ2v) is 8.31. The van der Waals surface area contributed by atoms with E-state index in [-0.39, 0.29) is 6.04 Å². The molecule has 140 valence electrons. The van der Waals surface area contributed by atoms with Crippen molar-refractivity contribution < 1.29 is 9.84 Å². The van der Waals surface area contributed by atoms with Gasteiger partial charge < -0.3 is 15.2 Å². The van der Waals surface area contributed by atoms with Gasteiger partial charge in [-0.15, -0.1) is 0 Å². The number of aromatic nitrogens is 2. The smallest absolute Gasteiger partial charge is 0.131 e. The Labute approximate surface area is 155 Å². The normalized spacial score (nSPS) is 25.7. The molecule has 1 aromatic heterocycles. The standard InChI is InChI=1S/C21H29N3O2/c1-21(2)20(25)19(24-9-8-14-6-4-3-5-7-14)15-12-16-17(13-18(15)26-21)23-11-10-22-16/h10-14,19-20,24-25H,3-9H2,1-2H3/t19-,20+/m0/s1. The van der Waals surface area contributed by atoms with E-state index >= 15 is 0 Å². The lowest BCUT2D eigenvalue weighted by molar-refractivity contribution is -0.0645. The van der Waals surface area contributed by atoms with E-state index in [2.05, 4.69) is 15.3 Å². The SMILES string of the molecule is CC1(C)Oc2cc3nccnc3cc2[C@H](NCCC2CCCCC2)[C@H]1O. The van der Waals surface area contributed by atoms with Crippen LogP contribution in [-0.4, -0.2) is 33.3 Å². The fourth-order valence-electron chi connectivity index (χ4n) is 4.39. The number of nitrogens with zero attached hydrogens (tertiary/aromatic N) is 2. The lowest BCUT2D eigenvalue weighted by Crippen LogP contribution is -2.52. The monoisotopic (exact) mass is 355 g/mol. The summed E-state index contributed by atoms with van der Waals surface area (Å²) in [6.45, 7) is 4.80. The average molecular weight is 355 g/mol. The van der Waals surface area contributed by atoms with Crippen molar-refractivity contribution in [2.45, 2.75) is 70.1 Å². The summed E-state index contributed by atoms with van der Waals surface area (Å²) in [4.78, 5) is 8.79. The van der Waals surface area contributed by atoms with E-state index in [4.69, 9.17) is 4.74 Å². The van der Waals surface area contributed by atoms with Crippen molar-refractivity contribution in [3.63, 3.8) is 0 Å². The highest BCUT2D eigenvalue weighted by molar-refractivity contribution is 5.77. The molecule has 1 aliphatic heterocycles. The molecule has 4 rings (SSSR count). The van der Waals surface area contributed by atoms with Gasteiger partial charge in [0.15, 0.2) is 0 Å². The quantitative estimate of drug-likeness (QED) is 0.874. The molecule has 2 heterocycles. The van der Waals surface area contributed by atoms with Crippen LogP contribution >= 0.6 is 0 Å². The van der Waals surface area contributed by atoms with Gasteiger partial charge in [-0.2, -0.15) is 0 Å². The number of rotatable bonds is 4. The average Bonchev–Trinajstić information content (AvgIpc) is 2.64.